The number of rotatable bonds is 3. The third kappa shape index (κ3) is 3.00. The zero-order valence-electron chi connectivity index (χ0n) is 10.9. The Kier molecular flexibility index (Phi) is 4.19. The fourth-order valence-electron chi connectivity index (χ4n) is 1.92. The van der Waals surface area contributed by atoms with E-state index >= 15 is 0 Å². The van der Waals surface area contributed by atoms with Gasteiger partial charge in [-0.1, -0.05) is 30.2 Å². The third-order valence-corrected chi connectivity index (χ3v) is 3.19. The molecule has 0 atom stereocenters. The summed E-state index contributed by atoms with van der Waals surface area (Å²) in [6.45, 7) is 1.89. The zero-order valence-corrected chi connectivity index (χ0v) is 11.7. The van der Waals surface area contributed by atoms with Crippen LogP contribution in [-0.2, 0) is 12.6 Å². The highest BCUT2D eigenvalue weighted by molar-refractivity contribution is 6.31. The largest absolute Gasteiger partial charge is 0.417 e. The summed E-state index contributed by atoms with van der Waals surface area (Å²) in [5.41, 5.74) is -0.182. The second-order valence-corrected chi connectivity index (χ2v) is 4.73. The molecule has 0 aliphatic heterocycles. The average molecular weight is 315 g/mol. The highest BCUT2D eigenvalue weighted by Crippen LogP contribution is 2.35. The van der Waals surface area contributed by atoms with Crippen LogP contribution in [0.4, 0.5) is 13.2 Å². The van der Waals surface area contributed by atoms with Crippen molar-refractivity contribution in [2.75, 3.05) is 0 Å². The number of aromatic nitrogens is 3. The van der Waals surface area contributed by atoms with Gasteiger partial charge in [0.2, 0.25) is 0 Å². The lowest BCUT2D eigenvalue weighted by atomic mass is 10.1. The molecule has 0 aliphatic rings. The normalized spacial score (nSPS) is 11.4. The zero-order chi connectivity index (χ0) is 15.6. The smallest absolute Gasteiger partial charge is 0.216 e. The van der Waals surface area contributed by atoms with Gasteiger partial charge < -0.3 is 0 Å². The molecule has 0 unspecified atom stereocenters. The molecule has 1 aromatic heterocycles. The highest BCUT2D eigenvalue weighted by Gasteiger charge is 2.33. The predicted molar refractivity (Wildman–Crippen MR) is 70.1 cm³/mol. The van der Waals surface area contributed by atoms with Crippen LogP contribution in [0.5, 0.6) is 0 Å². The van der Waals surface area contributed by atoms with Crippen molar-refractivity contribution in [2.45, 2.75) is 25.9 Å². The van der Waals surface area contributed by atoms with Crippen molar-refractivity contribution < 1.29 is 13.2 Å². The minimum absolute atomic E-state index is 0.111. The first-order valence-corrected chi connectivity index (χ1v) is 6.48. The van der Waals surface area contributed by atoms with Crippen LogP contribution >= 0.6 is 11.6 Å². The minimum atomic E-state index is -4.56. The molecule has 8 heteroatoms. The van der Waals surface area contributed by atoms with Crippen LogP contribution in [0.1, 0.15) is 30.3 Å². The first-order chi connectivity index (χ1) is 9.88. The Morgan fingerprint density at radius 1 is 1.38 bits per heavy atom. The van der Waals surface area contributed by atoms with Gasteiger partial charge in [-0.2, -0.15) is 18.4 Å². The van der Waals surface area contributed by atoms with E-state index in [1.165, 1.54) is 10.7 Å². The Morgan fingerprint density at radius 2 is 2.10 bits per heavy atom. The quantitative estimate of drug-likeness (QED) is 0.866. The average Bonchev–Trinajstić information content (AvgIpc) is 2.81. The van der Waals surface area contributed by atoms with Crippen molar-refractivity contribution in [3.63, 3.8) is 0 Å². The van der Waals surface area contributed by atoms with Crippen molar-refractivity contribution in [3.05, 3.63) is 40.2 Å². The number of alkyl halides is 3. The van der Waals surface area contributed by atoms with Crippen molar-refractivity contribution in [3.8, 4) is 11.8 Å². The van der Waals surface area contributed by atoms with E-state index in [0.29, 0.717) is 18.5 Å². The van der Waals surface area contributed by atoms with Crippen LogP contribution in [0.3, 0.4) is 0 Å². The van der Waals surface area contributed by atoms with Crippen molar-refractivity contribution in [1.29, 1.82) is 5.26 Å². The Morgan fingerprint density at radius 3 is 2.67 bits per heavy atom. The van der Waals surface area contributed by atoms with Crippen LogP contribution in [0.15, 0.2) is 18.2 Å². The topological polar surface area (TPSA) is 54.5 Å². The second-order valence-electron chi connectivity index (χ2n) is 4.32. The first-order valence-electron chi connectivity index (χ1n) is 6.10. The maximum absolute atomic E-state index is 12.9. The lowest BCUT2D eigenvalue weighted by molar-refractivity contribution is -0.137. The van der Waals surface area contributed by atoms with Crippen molar-refractivity contribution >= 4 is 11.6 Å². The molecule has 0 saturated carbocycles. The molecule has 2 rings (SSSR count). The molecule has 0 saturated heterocycles. The number of hydrogen-bond acceptors (Lipinski definition) is 3. The molecule has 1 heterocycles. The summed E-state index contributed by atoms with van der Waals surface area (Å²) < 4.78 is 39.9. The van der Waals surface area contributed by atoms with Gasteiger partial charge in [0.15, 0.2) is 5.69 Å². The third-order valence-electron chi connectivity index (χ3n) is 2.86. The molecule has 0 N–H and O–H groups in total. The predicted octanol–water partition coefficient (Wildman–Crippen LogP) is 3.76. The molecule has 2 aromatic rings. The molecular formula is C13H10ClF3N4. The molecule has 1 aromatic carbocycles. The van der Waals surface area contributed by atoms with Crippen LogP contribution in [0.2, 0.25) is 5.02 Å². The fourth-order valence-corrected chi connectivity index (χ4v) is 2.14. The number of hydrogen-bond donors (Lipinski definition) is 0. The SMILES string of the molecule is CCCc1c(C#N)nnn1-c1ccc(Cl)c(C(F)(F)F)c1. The van der Waals surface area contributed by atoms with E-state index in [1.807, 2.05) is 13.0 Å². The molecule has 21 heavy (non-hydrogen) atoms. The van der Waals surface area contributed by atoms with E-state index in [9.17, 15) is 13.2 Å². The molecule has 0 radical (unpaired) electrons. The maximum Gasteiger partial charge on any atom is 0.417 e. The summed E-state index contributed by atoms with van der Waals surface area (Å²) >= 11 is 5.58. The van der Waals surface area contributed by atoms with Crippen LogP contribution < -0.4 is 0 Å². The fraction of sp³-hybridized carbons (Fsp3) is 0.308. The van der Waals surface area contributed by atoms with E-state index < -0.39 is 11.7 Å². The molecule has 0 spiro atoms. The molecule has 110 valence electrons. The molecule has 0 amide bonds. The van der Waals surface area contributed by atoms with Gasteiger partial charge in [-0.05, 0) is 24.6 Å². The van der Waals surface area contributed by atoms with E-state index in [4.69, 9.17) is 16.9 Å². The standard InChI is InChI=1S/C13H10ClF3N4/c1-2-3-12-11(7-18)19-20-21(12)8-4-5-10(14)9(6-8)13(15,16)17/h4-6H,2-3H2,1H3. The lowest BCUT2D eigenvalue weighted by Gasteiger charge is -2.12. The first kappa shape index (κ1) is 15.3. The lowest BCUT2D eigenvalue weighted by Crippen LogP contribution is -2.09. The minimum Gasteiger partial charge on any atom is -0.216 e. The van der Waals surface area contributed by atoms with E-state index in [2.05, 4.69) is 10.3 Å². The van der Waals surface area contributed by atoms with Gasteiger partial charge in [-0.15, -0.1) is 5.10 Å². The number of halogens is 4. The molecule has 0 bridgehead atoms. The van der Waals surface area contributed by atoms with E-state index in [0.717, 1.165) is 12.1 Å². The van der Waals surface area contributed by atoms with Gasteiger partial charge in [-0.3, -0.25) is 0 Å². The van der Waals surface area contributed by atoms with E-state index in [1.54, 1.807) is 0 Å². The van der Waals surface area contributed by atoms with Gasteiger partial charge in [0.25, 0.3) is 0 Å². The van der Waals surface area contributed by atoms with Gasteiger partial charge in [-0.25, -0.2) is 4.68 Å². The molecule has 4 nitrogen and oxygen atoms in total. The Bertz CT molecular complexity index is 700. The van der Waals surface area contributed by atoms with Gasteiger partial charge in [0.05, 0.1) is 22.0 Å². The van der Waals surface area contributed by atoms with Crippen LogP contribution in [0.25, 0.3) is 5.69 Å². The van der Waals surface area contributed by atoms with Crippen molar-refractivity contribution in [2.24, 2.45) is 0 Å². The summed E-state index contributed by atoms with van der Waals surface area (Å²) in [7, 11) is 0. The molecule has 0 fully saturated rings. The van der Waals surface area contributed by atoms with E-state index in [-0.39, 0.29) is 16.4 Å². The molecular weight excluding hydrogens is 305 g/mol. The Balaban J connectivity index is 2.58. The number of nitriles is 1. The summed E-state index contributed by atoms with van der Waals surface area (Å²) in [5.74, 6) is 0. The Labute approximate surface area is 123 Å². The summed E-state index contributed by atoms with van der Waals surface area (Å²) in [4.78, 5) is 0. The van der Waals surface area contributed by atoms with Crippen LogP contribution in [0, 0.1) is 11.3 Å². The number of nitrogens with zero attached hydrogens (tertiary/aromatic N) is 4. The number of benzene rings is 1. The molecule has 0 aliphatic carbocycles. The monoisotopic (exact) mass is 314 g/mol. The van der Waals surface area contributed by atoms with Gasteiger partial charge >= 0.3 is 6.18 Å². The van der Waals surface area contributed by atoms with Gasteiger partial charge in [0.1, 0.15) is 6.07 Å². The second kappa shape index (κ2) is 5.74. The maximum atomic E-state index is 12.9. The Hall–Kier alpha value is -2.07. The summed E-state index contributed by atoms with van der Waals surface area (Å²) in [6.07, 6.45) is -3.36. The van der Waals surface area contributed by atoms with Crippen molar-refractivity contribution in [1.82, 2.24) is 15.0 Å². The van der Waals surface area contributed by atoms with Gasteiger partial charge in [0, 0.05) is 0 Å². The van der Waals surface area contributed by atoms with Crippen LogP contribution in [-0.4, -0.2) is 15.0 Å². The summed E-state index contributed by atoms with van der Waals surface area (Å²) in [6, 6.07) is 5.35. The highest BCUT2D eigenvalue weighted by atomic mass is 35.5. The summed E-state index contributed by atoms with van der Waals surface area (Å²) in [5, 5.41) is 16.0.